The van der Waals surface area contributed by atoms with Gasteiger partial charge in [-0.1, -0.05) is 24.3 Å². The average Bonchev–Trinajstić information content (AvgIpc) is 2.46. The van der Waals surface area contributed by atoms with Gasteiger partial charge < -0.3 is 14.7 Å². The predicted molar refractivity (Wildman–Crippen MR) is 89.6 cm³/mol. The third kappa shape index (κ3) is 2.72. The molecule has 0 fully saturated rings. The first kappa shape index (κ1) is 14.3. The molecular formula is C17H23N3. The van der Waals surface area contributed by atoms with Gasteiger partial charge in [0.2, 0.25) is 0 Å². The highest BCUT2D eigenvalue weighted by Crippen LogP contribution is 2.36. The summed E-state index contributed by atoms with van der Waals surface area (Å²) in [6, 6.07) is 16.9. The molecule has 2 rings (SSSR count). The molecular weight excluding hydrogens is 246 g/mol. The summed E-state index contributed by atoms with van der Waals surface area (Å²) in [5, 5.41) is 0. The van der Waals surface area contributed by atoms with Crippen molar-refractivity contribution in [3.8, 4) is 0 Å². The summed E-state index contributed by atoms with van der Waals surface area (Å²) in [5.41, 5.74) is 4.82. The van der Waals surface area contributed by atoms with Crippen LogP contribution in [0.4, 0.5) is 22.7 Å². The highest BCUT2D eigenvalue weighted by molar-refractivity contribution is 5.82. The minimum atomic E-state index is 1.20. The van der Waals surface area contributed by atoms with Gasteiger partial charge in [-0.15, -0.1) is 0 Å². The highest BCUT2D eigenvalue weighted by atomic mass is 15.2. The number of hydrogen-bond acceptors (Lipinski definition) is 3. The van der Waals surface area contributed by atoms with E-state index in [0.29, 0.717) is 0 Å². The molecule has 0 saturated heterocycles. The zero-order valence-corrected chi connectivity index (χ0v) is 13.0. The maximum absolute atomic E-state index is 2.24. The summed E-state index contributed by atoms with van der Waals surface area (Å²) in [6.07, 6.45) is 0. The van der Waals surface area contributed by atoms with E-state index in [2.05, 4.69) is 98.5 Å². The Labute approximate surface area is 122 Å². The van der Waals surface area contributed by atoms with E-state index in [0.717, 1.165) is 0 Å². The Hall–Kier alpha value is -2.16. The second-order valence-corrected chi connectivity index (χ2v) is 5.33. The van der Waals surface area contributed by atoms with E-state index in [9.17, 15) is 0 Å². The van der Waals surface area contributed by atoms with Gasteiger partial charge in [0.05, 0.1) is 22.7 Å². The van der Waals surface area contributed by atoms with Gasteiger partial charge >= 0.3 is 0 Å². The number of nitrogens with zero attached hydrogens (tertiary/aromatic N) is 3. The van der Waals surface area contributed by atoms with Crippen LogP contribution in [-0.4, -0.2) is 35.2 Å². The molecule has 0 radical (unpaired) electrons. The number of para-hydroxylation sites is 4. The van der Waals surface area contributed by atoms with Crippen LogP contribution in [0.5, 0.6) is 0 Å². The van der Waals surface area contributed by atoms with Crippen LogP contribution in [0.2, 0.25) is 0 Å². The molecule has 3 heteroatoms. The maximum Gasteiger partial charge on any atom is 0.0646 e. The molecule has 0 aliphatic carbocycles. The van der Waals surface area contributed by atoms with Crippen LogP contribution >= 0.6 is 0 Å². The molecule has 0 atom stereocenters. The Kier molecular flexibility index (Phi) is 4.18. The van der Waals surface area contributed by atoms with Crippen LogP contribution < -0.4 is 14.7 Å². The van der Waals surface area contributed by atoms with Crippen molar-refractivity contribution >= 4 is 22.7 Å². The molecule has 0 aliphatic heterocycles. The SMILES string of the molecule is CN(C)c1ccccc1N(C)c1ccccc1N(C)C. The molecule has 0 aliphatic rings. The Morgan fingerprint density at radius 3 is 1.10 bits per heavy atom. The van der Waals surface area contributed by atoms with Gasteiger partial charge in [-0.2, -0.15) is 0 Å². The smallest absolute Gasteiger partial charge is 0.0646 e. The Morgan fingerprint density at radius 2 is 0.800 bits per heavy atom. The van der Waals surface area contributed by atoms with Crippen LogP contribution in [0.1, 0.15) is 0 Å². The molecule has 0 unspecified atom stereocenters. The van der Waals surface area contributed by atoms with E-state index in [-0.39, 0.29) is 0 Å². The van der Waals surface area contributed by atoms with Gasteiger partial charge in [0.1, 0.15) is 0 Å². The maximum atomic E-state index is 2.24. The van der Waals surface area contributed by atoms with Crippen molar-refractivity contribution < 1.29 is 0 Å². The number of benzene rings is 2. The lowest BCUT2D eigenvalue weighted by Gasteiger charge is -2.29. The van der Waals surface area contributed by atoms with E-state index >= 15 is 0 Å². The quantitative estimate of drug-likeness (QED) is 0.840. The fourth-order valence-corrected chi connectivity index (χ4v) is 2.38. The van der Waals surface area contributed by atoms with Gasteiger partial charge in [-0.05, 0) is 24.3 Å². The lowest BCUT2D eigenvalue weighted by atomic mass is 10.2. The Morgan fingerprint density at radius 1 is 0.500 bits per heavy atom. The second kappa shape index (κ2) is 5.87. The van der Waals surface area contributed by atoms with Crippen molar-refractivity contribution in [1.29, 1.82) is 0 Å². The number of anilines is 4. The molecule has 2 aromatic carbocycles. The third-order valence-electron chi connectivity index (χ3n) is 3.45. The monoisotopic (exact) mass is 269 g/mol. The number of hydrogen-bond donors (Lipinski definition) is 0. The second-order valence-electron chi connectivity index (χ2n) is 5.33. The van der Waals surface area contributed by atoms with E-state index in [4.69, 9.17) is 0 Å². The van der Waals surface area contributed by atoms with Crippen molar-refractivity contribution in [2.75, 3.05) is 49.9 Å². The largest absolute Gasteiger partial charge is 0.376 e. The summed E-state index contributed by atoms with van der Waals surface area (Å²) in [4.78, 5) is 6.53. The zero-order valence-electron chi connectivity index (χ0n) is 13.0. The van der Waals surface area contributed by atoms with Crippen molar-refractivity contribution in [3.05, 3.63) is 48.5 Å². The van der Waals surface area contributed by atoms with Gasteiger partial charge in [0, 0.05) is 35.2 Å². The van der Waals surface area contributed by atoms with Crippen LogP contribution in [0.3, 0.4) is 0 Å². The molecule has 0 heterocycles. The van der Waals surface area contributed by atoms with Crippen LogP contribution in [0.25, 0.3) is 0 Å². The third-order valence-corrected chi connectivity index (χ3v) is 3.45. The van der Waals surface area contributed by atoms with Crippen LogP contribution in [-0.2, 0) is 0 Å². The predicted octanol–water partition coefficient (Wildman–Crippen LogP) is 3.59. The minimum Gasteiger partial charge on any atom is -0.376 e. The molecule has 3 nitrogen and oxygen atoms in total. The molecule has 20 heavy (non-hydrogen) atoms. The minimum absolute atomic E-state index is 1.20. The molecule has 0 amide bonds. The first-order valence-electron chi connectivity index (χ1n) is 6.79. The normalized spacial score (nSPS) is 10.2. The van der Waals surface area contributed by atoms with Gasteiger partial charge in [-0.3, -0.25) is 0 Å². The molecule has 0 spiro atoms. The molecule has 0 aromatic heterocycles. The summed E-state index contributed by atoms with van der Waals surface area (Å²) in [5.74, 6) is 0. The molecule has 106 valence electrons. The van der Waals surface area contributed by atoms with Crippen molar-refractivity contribution in [2.45, 2.75) is 0 Å². The fourth-order valence-electron chi connectivity index (χ4n) is 2.38. The van der Waals surface area contributed by atoms with Crippen LogP contribution in [0.15, 0.2) is 48.5 Å². The zero-order chi connectivity index (χ0) is 14.7. The van der Waals surface area contributed by atoms with Crippen molar-refractivity contribution in [1.82, 2.24) is 0 Å². The summed E-state index contributed by atoms with van der Waals surface area (Å²) in [6.45, 7) is 0. The Bertz CT molecular complexity index is 524. The topological polar surface area (TPSA) is 9.72 Å². The molecule has 0 bridgehead atoms. The van der Waals surface area contributed by atoms with Crippen molar-refractivity contribution in [2.24, 2.45) is 0 Å². The number of rotatable bonds is 4. The van der Waals surface area contributed by atoms with Gasteiger partial charge in [-0.25, -0.2) is 0 Å². The molecule has 0 N–H and O–H groups in total. The molecule has 0 saturated carbocycles. The van der Waals surface area contributed by atoms with E-state index < -0.39 is 0 Å². The summed E-state index contributed by atoms with van der Waals surface area (Å²) in [7, 11) is 10.4. The fraction of sp³-hybridized carbons (Fsp3) is 0.294. The lowest BCUT2D eigenvalue weighted by Crippen LogP contribution is -2.19. The highest BCUT2D eigenvalue weighted by Gasteiger charge is 2.13. The standard InChI is InChI=1S/C17H23N3/c1-18(2)14-10-6-8-12-16(14)20(5)17-13-9-7-11-15(17)19(3)4/h6-13H,1-5H3. The lowest BCUT2D eigenvalue weighted by molar-refractivity contribution is 1.08. The van der Waals surface area contributed by atoms with Gasteiger partial charge in [0.25, 0.3) is 0 Å². The first-order chi connectivity index (χ1) is 9.52. The van der Waals surface area contributed by atoms with E-state index in [1.807, 2.05) is 0 Å². The average molecular weight is 269 g/mol. The summed E-state index contributed by atoms with van der Waals surface area (Å²) >= 11 is 0. The summed E-state index contributed by atoms with van der Waals surface area (Å²) < 4.78 is 0. The van der Waals surface area contributed by atoms with Crippen LogP contribution in [0, 0.1) is 0 Å². The molecule has 2 aromatic rings. The van der Waals surface area contributed by atoms with Gasteiger partial charge in [0.15, 0.2) is 0 Å². The van der Waals surface area contributed by atoms with Crippen molar-refractivity contribution in [3.63, 3.8) is 0 Å². The Balaban J connectivity index is 2.50. The van der Waals surface area contributed by atoms with E-state index in [1.165, 1.54) is 22.7 Å². The first-order valence-corrected chi connectivity index (χ1v) is 6.79. The van der Waals surface area contributed by atoms with E-state index in [1.54, 1.807) is 0 Å².